The van der Waals surface area contributed by atoms with Gasteiger partial charge < -0.3 is 14.9 Å². The molecule has 3 rings (SSSR count). The number of pyridine rings is 1. The van der Waals surface area contributed by atoms with Crippen LogP contribution in [-0.4, -0.2) is 38.3 Å². The summed E-state index contributed by atoms with van der Waals surface area (Å²) >= 11 is 0. The number of carbonyl (C=O) groups excluding carboxylic acids is 1. The van der Waals surface area contributed by atoms with Crippen molar-refractivity contribution in [2.24, 2.45) is 0 Å². The summed E-state index contributed by atoms with van der Waals surface area (Å²) in [6.07, 6.45) is -1.77. The van der Waals surface area contributed by atoms with E-state index in [0.29, 0.717) is 17.3 Å². The van der Waals surface area contributed by atoms with E-state index in [9.17, 15) is 18.0 Å². The molecule has 3 aromatic rings. The van der Waals surface area contributed by atoms with Crippen LogP contribution >= 0.6 is 0 Å². The minimum absolute atomic E-state index is 0.181. The van der Waals surface area contributed by atoms with E-state index in [1.807, 2.05) is 18.2 Å². The topological polar surface area (TPSA) is 118 Å². The van der Waals surface area contributed by atoms with Crippen LogP contribution in [0, 0.1) is 0 Å². The van der Waals surface area contributed by atoms with Gasteiger partial charge in [0.1, 0.15) is 0 Å². The van der Waals surface area contributed by atoms with Crippen molar-refractivity contribution in [3.05, 3.63) is 66.3 Å². The van der Waals surface area contributed by atoms with Crippen molar-refractivity contribution in [2.45, 2.75) is 12.7 Å². The molecular formula is C17H13F3N4O4. The van der Waals surface area contributed by atoms with Gasteiger partial charge in [-0.05, 0) is 24.3 Å². The molecule has 0 radical (unpaired) electrons. The van der Waals surface area contributed by atoms with Crippen LogP contribution in [0.25, 0.3) is 11.4 Å². The van der Waals surface area contributed by atoms with E-state index >= 15 is 0 Å². The Morgan fingerprint density at radius 3 is 2.25 bits per heavy atom. The highest BCUT2D eigenvalue weighted by molar-refractivity contribution is 5.93. The molecule has 0 atom stereocenters. The number of rotatable bonds is 4. The lowest BCUT2D eigenvalue weighted by Gasteiger charge is -2.01. The maximum Gasteiger partial charge on any atom is 0.490 e. The van der Waals surface area contributed by atoms with Gasteiger partial charge in [-0.2, -0.15) is 18.2 Å². The Morgan fingerprint density at radius 1 is 1.07 bits per heavy atom. The minimum Gasteiger partial charge on any atom is -0.475 e. The zero-order chi connectivity index (χ0) is 20.6. The van der Waals surface area contributed by atoms with Gasteiger partial charge in [0, 0.05) is 23.5 Å². The lowest BCUT2D eigenvalue weighted by atomic mass is 10.2. The molecule has 0 spiro atoms. The van der Waals surface area contributed by atoms with Gasteiger partial charge in [0.25, 0.3) is 5.91 Å². The zero-order valence-electron chi connectivity index (χ0n) is 14.1. The number of aliphatic carboxylic acids is 1. The third-order valence-electron chi connectivity index (χ3n) is 3.09. The van der Waals surface area contributed by atoms with Gasteiger partial charge in [-0.3, -0.25) is 9.78 Å². The first-order valence-corrected chi connectivity index (χ1v) is 7.63. The number of hydrogen-bond donors (Lipinski definition) is 2. The van der Waals surface area contributed by atoms with Gasteiger partial charge in [0.2, 0.25) is 11.7 Å². The molecule has 11 heteroatoms. The molecule has 2 heterocycles. The molecule has 0 aliphatic rings. The molecule has 0 saturated carbocycles. The molecular weight excluding hydrogens is 381 g/mol. The summed E-state index contributed by atoms with van der Waals surface area (Å²) in [5.74, 6) is -2.11. The van der Waals surface area contributed by atoms with Crippen LogP contribution in [0.15, 0.2) is 59.4 Å². The molecule has 28 heavy (non-hydrogen) atoms. The second-order valence-electron chi connectivity index (χ2n) is 5.10. The predicted octanol–water partition coefficient (Wildman–Crippen LogP) is 2.69. The van der Waals surface area contributed by atoms with Crippen LogP contribution in [0.1, 0.15) is 16.2 Å². The molecule has 1 aromatic carbocycles. The summed E-state index contributed by atoms with van der Waals surface area (Å²) in [4.78, 5) is 28.9. The van der Waals surface area contributed by atoms with E-state index in [-0.39, 0.29) is 12.5 Å². The first kappa shape index (κ1) is 20.6. The smallest absolute Gasteiger partial charge is 0.475 e. The van der Waals surface area contributed by atoms with Gasteiger partial charge >= 0.3 is 12.1 Å². The molecule has 2 N–H and O–H groups in total. The number of nitrogens with zero attached hydrogens (tertiary/aromatic N) is 3. The van der Waals surface area contributed by atoms with Crippen LogP contribution < -0.4 is 5.32 Å². The Hall–Kier alpha value is -3.76. The number of benzene rings is 1. The Balaban J connectivity index is 0.000000345. The van der Waals surface area contributed by atoms with Crippen LogP contribution in [0.2, 0.25) is 0 Å². The SMILES string of the molecule is O=C(NCc1nc(-c2ccncc2)no1)c1ccccc1.O=C(O)C(F)(F)F. The second-order valence-corrected chi connectivity index (χ2v) is 5.10. The van der Waals surface area contributed by atoms with Crippen molar-refractivity contribution >= 4 is 11.9 Å². The second kappa shape index (κ2) is 9.26. The molecule has 0 saturated heterocycles. The van der Waals surface area contributed by atoms with Gasteiger partial charge in [0.15, 0.2) is 0 Å². The average Bonchev–Trinajstić information content (AvgIpc) is 3.16. The third-order valence-corrected chi connectivity index (χ3v) is 3.09. The molecule has 0 aliphatic heterocycles. The summed E-state index contributed by atoms with van der Waals surface area (Å²) in [5.41, 5.74) is 1.40. The summed E-state index contributed by atoms with van der Waals surface area (Å²) < 4.78 is 36.8. The number of carboxylic acids is 1. The largest absolute Gasteiger partial charge is 0.490 e. The fourth-order valence-electron chi connectivity index (χ4n) is 1.79. The zero-order valence-corrected chi connectivity index (χ0v) is 14.1. The van der Waals surface area contributed by atoms with Crippen LogP contribution in [0.4, 0.5) is 13.2 Å². The van der Waals surface area contributed by atoms with Crippen LogP contribution in [0.5, 0.6) is 0 Å². The van der Waals surface area contributed by atoms with Crippen LogP contribution in [-0.2, 0) is 11.3 Å². The quantitative estimate of drug-likeness (QED) is 0.698. The number of carboxylic acid groups (broad SMARTS) is 1. The van der Waals surface area contributed by atoms with Crippen molar-refractivity contribution in [1.82, 2.24) is 20.4 Å². The summed E-state index contributed by atoms with van der Waals surface area (Å²) in [6.45, 7) is 0.186. The lowest BCUT2D eigenvalue weighted by molar-refractivity contribution is -0.192. The van der Waals surface area contributed by atoms with E-state index < -0.39 is 12.1 Å². The standard InChI is InChI=1S/C15H12N4O2.C2HF3O2/c20-15(12-4-2-1-3-5-12)17-10-13-18-14(19-21-13)11-6-8-16-9-7-11;3-2(4,5)1(6)7/h1-9H,10H2,(H,17,20);(H,6,7). The highest BCUT2D eigenvalue weighted by Gasteiger charge is 2.38. The fourth-order valence-corrected chi connectivity index (χ4v) is 1.79. The number of amides is 1. The predicted molar refractivity (Wildman–Crippen MR) is 88.8 cm³/mol. The number of aromatic nitrogens is 3. The van der Waals surface area contributed by atoms with E-state index in [0.717, 1.165) is 5.56 Å². The lowest BCUT2D eigenvalue weighted by Crippen LogP contribution is -2.22. The molecule has 8 nitrogen and oxygen atoms in total. The third kappa shape index (κ3) is 6.20. The van der Waals surface area contributed by atoms with Gasteiger partial charge in [0.05, 0.1) is 6.54 Å². The molecule has 1 amide bonds. The van der Waals surface area contributed by atoms with E-state index in [4.69, 9.17) is 14.4 Å². The maximum atomic E-state index is 11.9. The van der Waals surface area contributed by atoms with Crippen molar-refractivity contribution in [2.75, 3.05) is 0 Å². The first-order valence-electron chi connectivity index (χ1n) is 7.63. The number of nitrogens with one attached hydrogen (secondary N) is 1. The average molecular weight is 394 g/mol. The molecule has 2 aromatic heterocycles. The number of halogens is 3. The van der Waals surface area contributed by atoms with Crippen molar-refractivity contribution in [3.63, 3.8) is 0 Å². The first-order chi connectivity index (χ1) is 13.3. The summed E-state index contributed by atoms with van der Waals surface area (Å²) in [7, 11) is 0. The maximum absolute atomic E-state index is 11.9. The normalized spacial score (nSPS) is 10.5. The highest BCUT2D eigenvalue weighted by Crippen LogP contribution is 2.14. The Labute approximate surface area is 156 Å². The monoisotopic (exact) mass is 394 g/mol. The summed E-state index contributed by atoms with van der Waals surface area (Å²) in [5, 5.41) is 13.7. The molecule has 0 bridgehead atoms. The molecule has 0 fully saturated rings. The van der Waals surface area contributed by atoms with Gasteiger partial charge in [-0.1, -0.05) is 23.4 Å². The van der Waals surface area contributed by atoms with Crippen molar-refractivity contribution in [3.8, 4) is 11.4 Å². The summed E-state index contributed by atoms with van der Waals surface area (Å²) in [6, 6.07) is 12.5. The Kier molecular flexibility index (Phi) is 6.79. The fraction of sp³-hybridized carbons (Fsp3) is 0.118. The van der Waals surface area contributed by atoms with E-state index in [1.54, 1.807) is 36.7 Å². The molecule has 0 aliphatic carbocycles. The molecule has 0 unspecified atom stereocenters. The Bertz CT molecular complexity index is 915. The van der Waals surface area contributed by atoms with Crippen molar-refractivity contribution in [1.29, 1.82) is 0 Å². The van der Waals surface area contributed by atoms with Crippen LogP contribution in [0.3, 0.4) is 0 Å². The van der Waals surface area contributed by atoms with Gasteiger partial charge in [-0.25, -0.2) is 4.79 Å². The van der Waals surface area contributed by atoms with E-state index in [2.05, 4.69) is 20.4 Å². The van der Waals surface area contributed by atoms with Gasteiger partial charge in [-0.15, -0.1) is 0 Å². The van der Waals surface area contributed by atoms with E-state index in [1.165, 1.54) is 0 Å². The highest BCUT2D eigenvalue weighted by atomic mass is 19.4. The molecule has 146 valence electrons. The minimum atomic E-state index is -5.08. The number of alkyl halides is 3. The Morgan fingerprint density at radius 2 is 1.68 bits per heavy atom. The number of carbonyl (C=O) groups is 2. The van der Waals surface area contributed by atoms with Crippen molar-refractivity contribution < 1.29 is 32.4 Å². The number of hydrogen-bond acceptors (Lipinski definition) is 6.